The van der Waals surface area contributed by atoms with Gasteiger partial charge in [0.05, 0.1) is 36.5 Å². The van der Waals surface area contributed by atoms with Gasteiger partial charge in [0.1, 0.15) is 0 Å². The van der Waals surface area contributed by atoms with Crippen LogP contribution >= 0.6 is 0 Å². The number of carbonyl (C=O) groups is 2. The molecule has 2 aromatic carbocycles. The highest BCUT2D eigenvalue weighted by atomic mass is 16.6. The van der Waals surface area contributed by atoms with E-state index in [4.69, 9.17) is 9.47 Å². The maximum Gasteiger partial charge on any atom is 0.407 e. The average molecular weight is 516 g/mol. The smallest absolute Gasteiger partial charge is 0.407 e. The first kappa shape index (κ1) is 30.1. The zero-order chi connectivity index (χ0) is 27.2. The molecule has 2 rings (SSSR count). The van der Waals surface area contributed by atoms with Crippen LogP contribution in [0.2, 0.25) is 0 Å². The van der Waals surface area contributed by atoms with Crippen molar-refractivity contribution in [2.75, 3.05) is 13.1 Å². The van der Waals surface area contributed by atoms with E-state index in [1.165, 1.54) is 0 Å². The molecule has 0 unspecified atom stereocenters. The number of aliphatic hydroxyl groups excluding tert-OH is 2. The number of alkyl carbamates (subject to hydrolysis) is 2. The Bertz CT molecular complexity index is 851. The Hall–Kier alpha value is -3.14. The molecule has 2 amide bonds. The predicted octanol–water partition coefficient (Wildman–Crippen LogP) is 2.79. The molecule has 0 saturated carbocycles. The van der Waals surface area contributed by atoms with Gasteiger partial charge in [-0.05, 0) is 51.7 Å². The minimum Gasteiger partial charge on any atom is -0.447 e. The monoisotopic (exact) mass is 515 g/mol. The Morgan fingerprint density at radius 2 is 1.03 bits per heavy atom. The Morgan fingerprint density at radius 1 is 0.676 bits per heavy atom. The van der Waals surface area contributed by atoms with Gasteiger partial charge in [-0.25, -0.2) is 9.59 Å². The molecule has 4 atom stereocenters. The van der Waals surface area contributed by atoms with Crippen molar-refractivity contribution < 1.29 is 29.3 Å². The van der Waals surface area contributed by atoms with Crippen molar-refractivity contribution in [3.8, 4) is 0 Å². The number of benzene rings is 2. The minimum absolute atomic E-state index is 0.102. The molecular weight excluding hydrogens is 474 g/mol. The van der Waals surface area contributed by atoms with Crippen LogP contribution in [0.1, 0.15) is 38.8 Å². The van der Waals surface area contributed by atoms with Crippen LogP contribution in [0, 0.1) is 0 Å². The number of hydrogen-bond acceptors (Lipinski definition) is 7. The zero-order valence-electron chi connectivity index (χ0n) is 22.1. The molecule has 0 aliphatic carbocycles. The third-order valence-electron chi connectivity index (χ3n) is 5.52. The molecule has 0 fully saturated rings. The van der Waals surface area contributed by atoms with Gasteiger partial charge in [0.2, 0.25) is 0 Å². The van der Waals surface area contributed by atoms with E-state index >= 15 is 0 Å². The molecule has 0 radical (unpaired) electrons. The summed E-state index contributed by atoms with van der Waals surface area (Å²) in [6.45, 7) is 7.21. The normalized spacial score (nSPS) is 14.5. The number of amides is 2. The van der Waals surface area contributed by atoms with Gasteiger partial charge in [0.15, 0.2) is 0 Å². The summed E-state index contributed by atoms with van der Waals surface area (Å²) in [4.78, 5) is 24.5. The second-order valence-corrected chi connectivity index (χ2v) is 9.58. The predicted molar refractivity (Wildman–Crippen MR) is 142 cm³/mol. The second-order valence-electron chi connectivity index (χ2n) is 9.58. The Kier molecular flexibility index (Phi) is 12.9. The van der Waals surface area contributed by atoms with Crippen molar-refractivity contribution in [1.82, 2.24) is 16.0 Å². The zero-order valence-corrected chi connectivity index (χ0v) is 22.1. The quantitative estimate of drug-likeness (QED) is 0.262. The summed E-state index contributed by atoms with van der Waals surface area (Å²) in [5.74, 6) is 0. The van der Waals surface area contributed by atoms with E-state index in [0.717, 1.165) is 11.1 Å². The van der Waals surface area contributed by atoms with Crippen LogP contribution in [0.5, 0.6) is 0 Å². The standard InChI is InChI=1S/C28H41N3O6/c1-19(2)36-27(34)30-23(15-21-11-7-5-8-12-21)25(32)17-29-18-26(33)24(31-28(35)37-20(3)4)16-22-13-9-6-10-14-22/h5-14,19-20,23-26,29,32-33H,15-18H2,1-4H3,(H,30,34)(H,31,35)/t23-,24-,25+,26+/m1/s1. The number of carbonyl (C=O) groups excluding carboxylic acids is 2. The van der Waals surface area contributed by atoms with Crippen molar-refractivity contribution >= 4 is 12.2 Å². The van der Waals surface area contributed by atoms with Gasteiger partial charge in [-0.3, -0.25) is 0 Å². The third kappa shape index (κ3) is 12.1. The summed E-state index contributed by atoms with van der Waals surface area (Å²) in [6, 6.07) is 17.8. The van der Waals surface area contributed by atoms with E-state index in [1.54, 1.807) is 27.7 Å². The van der Waals surface area contributed by atoms with E-state index in [2.05, 4.69) is 16.0 Å². The van der Waals surface area contributed by atoms with Crippen LogP contribution in [0.4, 0.5) is 9.59 Å². The SMILES string of the molecule is CC(C)OC(=O)N[C@H](Cc1ccccc1)[C@@H](O)CNC[C@H](O)[C@@H](Cc1ccccc1)NC(=O)OC(C)C. The molecule has 9 nitrogen and oxygen atoms in total. The maximum atomic E-state index is 12.2. The molecule has 0 spiro atoms. The van der Waals surface area contributed by atoms with Crippen LogP contribution in [-0.4, -0.2) is 72.0 Å². The molecule has 0 saturated heterocycles. The van der Waals surface area contributed by atoms with E-state index in [9.17, 15) is 19.8 Å². The molecule has 2 aromatic rings. The van der Waals surface area contributed by atoms with Crippen molar-refractivity contribution in [1.29, 1.82) is 0 Å². The fraction of sp³-hybridized carbons (Fsp3) is 0.500. The van der Waals surface area contributed by atoms with Gasteiger partial charge >= 0.3 is 12.2 Å². The number of rotatable bonds is 14. The highest BCUT2D eigenvalue weighted by Gasteiger charge is 2.26. The van der Waals surface area contributed by atoms with E-state index in [0.29, 0.717) is 12.8 Å². The maximum absolute atomic E-state index is 12.2. The van der Waals surface area contributed by atoms with Crippen LogP contribution in [-0.2, 0) is 22.3 Å². The van der Waals surface area contributed by atoms with Crippen molar-refractivity contribution in [2.45, 2.75) is 77.0 Å². The molecule has 0 aliphatic heterocycles. The topological polar surface area (TPSA) is 129 Å². The van der Waals surface area contributed by atoms with Crippen molar-refractivity contribution in [3.05, 3.63) is 71.8 Å². The molecule has 0 bridgehead atoms. The fourth-order valence-electron chi connectivity index (χ4n) is 3.77. The molecular formula is C28H41N3O6. The highest BCUT2D eigenvalue weighted by molar-refractivity contribution is 5.68. The van der Waals surface area contributed by atoms with E-state index in [-0.39, 0.29) is 25.3 Å². The number of nitrogens with one attached hydrogen (secondary N) is 3. The number of hydrogen-bond donors (Lipinski definition) is 5. The Labute approximate surface area is 219 Å². The second kappa shape index (κ2) is 15.9. The third-order valence-corrected chi connectivity index (χ3v) is 5.52. The molecule has 37 heavy (non-hydrogen) atoms. The molecule has 9 heteroatoms. The Morgan fingerprint density at radius 3 is 1.35 bits per heavy atom. The average Bonchev–Trinajstić information content (AvgIpc) is 2.83. The Balaban J connectivity index is 1.99. The van der Waals surface area contributed by atoms with Gasteiger partial charge in [0, 0.05) is 13.1 Å². The number of aliphatic hydroxyl groups is 2. The molecule has 0 aliphatic rings. The van der Waals surface area contributed by atoms with Gasteiger partial charge in [-0.2, -0.15) is 0 Å². The van der Waals surface area contributed by atoms with Crippen LogP contribution in [0.25, 0.3) is 0 Å². The molecule has 204 valence electrons. The minimum atomic E-state index is -0.960. The van der Waals surface area contributed by atoms with E-state index in [1.807, 2.05) is 60.7 Å². The van der Waals surface area contributed by atoms with Crippen LogP contribution < -0.4 is 16.0 Å². The molecule has 0 heterocycles. The van der Waals surface area contributed by atoms with Crippen molar-refractivity contribution in [2.24, 2.45) is 0 Å². The lowest BCUT2D eigenvalue weighted by Crippen LogP contribution is -2.52. The first-order chi connectivity index (χ1) is 17.6. The van der Waals surface area contributed by atoms with E-state index < -0.39 is 36.5 Å². The summed E-state index contributed by atoms with van der Waals surface area (Å²) in [6.07, 6.45) is -2.91. The van der Waals surface area contributed by atoms with Crippen LogP contribution in [0.3, 0.4) is 0 Å². The highest BCUT2D eigenvalue weighted by Crippen LogP contribution is 2.09. The van der Waals surface area contributed by atoms with Gasteiger partial charge in [-0.1, -0.05) is 60.7 Å². The summed E-state index contributed by atoms with van der Waals surface area (Å²) < 4.78 is 10.4. The van der Waals surface area contributed by atoms with Gasteiger partial charge in [0.25, 0.3) is 0 Å². The first-order valence-corrected chi connectivity index (χ1v) is 12.7. The molecule has 5 N–H and O–H groups in total. The summed E-state index contributed by atoms with van der Waals surface area (Å²) in [5.41, 5.74) is 1.90. The summed E-state index contributed by atoms with van der Waals surface area (Å²) in [5, 5.41) is 30.3. The van der Waals surface area contributed by atoms with Crippen LogP contribution in [0.15, 0.2) is 60.7 Å². The lowest BCUT2D eigenvalue weighted by atomic mass is 10.00. The van der Waals surface area contributed by atoms with Gasteiger partial charge in [-0.15, -0.1) is 0 Å². The largest absolute Gasteiger partial charge is 0.447 e. The summed E-state index contributed by atoms with van der Waals surface area (Å²) >= 11 is 0. The molecule has 0 aromatic heterocycles. The fourth-order valence-corrected chi connectivity index (χ4v) is 3.77. The van der Waals surface area contributed by atoms with Gasteiger partial charge < -0.3 is 35.6 Å². The van der Waals surface area contributed by atoms with Crippen molar-refractivity contribution in [3.63, 3.8) is 0 Å². The summed E-state index contributed by atoms with van der Waals surface area (Å²) in [7, 11) is 0. The lowest BCUT2D eigenvalue weighted by Gasteiger charge is -2.27. The number of ether oxygens (including phenoxy) is 2. The first-order valence-electron chi connectivity index (χ1n) is 12.7. The lowest BCUT2D eigenvalue weighted by molar-refractivity contribution is 0.0780.